The van der Waals surface area contributed by atoms with Crippen LogP contribution in [0.1, 0.15) is 36.0 Å². The fourth-order valence-electron chi connectivity index (χ4n) is 2.60. The van der Waals surface area contributed by atoms with Gasteiger partial charge in [-0.3, -0.25) is 4.79 Å². The van der Waals surface area contributed by atoms with Crippen LogP contribution in [0.3, 0.4) is 0 Å². The van der Waals surface area contributed by atoms with Gasteiger partial charge in [0.2, 0.25) is 0 Å². The number of hydrogen-bond donors (Lipinski definition) is 0. The minimum absolute atomic E-state index is 0.283. The Morgan fingerprint density at radius 1 is 0.933 bits per heavy atom. The molecule has 0 spiro atoms. The molecule has 0 radical (unpaired) electrons. The third kappa shape index (κ3) is 1.52. The smallest absolute Gasteiger partial charge is 0.156 e. The Balaban J connectivity index is 2.00. The van der Waals surface area contributed by atoms with Crippen molar-refractivity contribution in [3.05, 3.63) is 41.0 Å². The zero-order chi connectivity index (χ0) is 10.3. The molecule has 15 heavy (non-hydrogen) atoms. The molecule has 1 heteroatoms. The van der Waals surface area contributed by atoms with E-state index in [0.29, 0.717) is 6.42 Å². The van der Waals surface area contributed by atoms with Crippen LogP contribution >= 0.6 is 0 Å². The van der Waals surface area contributed by atoms with Gasteiger partial charge in [0.1, 0.15) is 0 Å². The van der Waals surface area contributed by atoms with Crippen molar-refractivity contribution < 1.29 is 4.79 Å². The first-order valence-electron chi connectivity index (χ1n) is 5.68. The number of aryl methyl sites for hydroxylation is 2. The molecule has 0 amide bonds. The highest BCUT2D eigenvalue weighted by atomic mass is 16.1. The fourth-order valence-corrected chi connectivity index (χ4v) is 2.60. The van der Waals surface area contributed by atoms with Gasteiger partial charge in [-0.05, 0) is 54.0 Å². The summed E-state index contributed by atoms with van der Waals surface area (Å²) in [6, 6.07) is 6.70. The van der Waals surface area contributed by atoms with Crippen molar-refractivity contribution in [2.75, 3.05) is 0 Å². The van der Waals surface area contributed by atoms with E-state index >= 15 is 0 Å². The molecule has 0 aliphatic heterocycles. The third-order valence-electron chi connectivity index (χ3n) is 3.45. The lowest BCUT2D eigenvalue weighted by molar-refractivity contribution is -0.114. The summed E-state index contributed by atoms with van der Waals surface area (Å²) in [5.41, 5.74) is 5.49. The van der Waals surface area contributed by atoms with Crippen LogP contribution in [0.4, 0.5) is 0 Å². The first-order valence-corrected chi connectivity index (χ1v) is 5.68. The molecular formula is C14H14O. The van der Waals surface area contributed by atoms with Crippen molar-refractivity contribution in [1.82, 2.24) is 0 Å². The van der Waals surface area contributed by atoms with E-state index < -0.39 is 0 Å². The molecule has 2 aliphatic rings. The van der Waals surface area contributed by atoms with Crippen LogP contribution in [-0.4, -0.2) is 5.78 Å². The van der Waals surface area contributed by atoms with E-state index in [4.69, 9.17) is 0 Å². The Bertz CT molecular complexity index is 454. The van der Waals surface area contributed by atoms with Gasteiger partial charge < -0.3 is 0 Å². The molecule has 2 aliphatic carbocycles. The van der Waals surface area contributed by atoms with Crippen molar-refractivity contribution in [3.8, 4) is 0 Å². The quantitative estimate of drug-likeness (QED) is 0.678. The maximum atomic E-state index is 11.2. The van der Waals surface area contributed by atoms with Crippen molar-refractivity contribution >= 4 is 11.4 Å². The molecule has 0 fully saturated rings. The molecule has 0 bridgehead atoms. The van der Waals surface area contributed by atoms with E-state index in [1.54, 1.807) is 0 Å². The van der Waals surface area contributed by atoms with Gasteiger partial charge in [0, 0.05) is 6.42 Å². The Morgan fingerprint density at radius 2 is 1.80 bits per heavy atom. The van der Waals surface area contributed by atoms with E-state index in [9.17, 15) is 4.79 Å². The highest BCUT2D eigenvalue weighted by Crippen LogP contribution is 2.30. The van der Waals surface area contributed by atoms with Crippen LogP contribution in [0.15, 0.2) is 24.3 Å². The maximum Gasteiger partial charge on any atom is 0.156 e. The number of fused-ring (bicyclic) bond motifs is 1. The van der Waals surface area contributed by atoms with Crippen molar-refractivity contribution in [2.24, 2.45) is 0 Å². The molecule has 3 rings (SSSR count). The predicted octanol–water partition coefficient (Wildman–Crippen LogP) is 2.92. The van der Waals surface area contributed by atoms with Crippen LogP contribution in [0, 0.1) is 0 Å². The molecular weight excluding hydrogens is 184 g/mol. The van der Waals surface area contributed by atoms with Gasteiger partial charge in [-0.2, -0.15) is 0 Å². The normalized spacial score (nSPS) is 19.2. The highest BCUT2D eigenvalue weighted by Gasteiger charge is 2.16. The van der Waals surface area contributed by atoms with Crippen molar-refractivity contribution in [2.45, 2.75) is 32.1 Å². The van der Waals surface area contributed by atoms with Gasteiger partial charge in [0.25, 0.3) is 0 Å². The maximum absolute atomic E-state index is 11.2. The second kappa shape index (κ2) is 3.34. The predicted molar refractivity (Wildman–Crippen MR) is 60.7 cm³/mol. The van der Waals surface area contributed by atoms with Gasteiger partial charge in [0.05, 0.1) is 0 Å². The largest absolute Gasteiger partial charge is 0.295 e. The average Bonchev–Trinajstić information content (AvgIpc) is 2.84. The van der Waals surface area contributed by atoms with Crippen LogP contribution in [0.2, 0.25) is 0 Å². The lowest BCUT2D eigenvalue weighted by atomic mass is 10.0. The molecule has 0 heterocycles. The monoisotopic (exact) mass is 198 g/mol. The van der Waals surface area contributed by atoms with E-state index in [1.165, 1.54) is 41.5 Å². The van der Waals surface area contributed by atoms with Crippen LogP contribution in [0.5, 0.6) is 0 Å². The standard InChI is InChI=1S/C14H14O/c15-14-7-6-13(9-14)12-5-4-10-2-1-3-11(10)8-12/h4-5,8-9H,1-3,6-7H2. The first kappa shape index (κ1) is 8.90. The minimum Gasteiger partial charge on any atom is -0.295 e. The minimum atomic E-state index is 0.283. The zero-order valence-corrected chi connectivity index (χ0v) is 8.75. The molecule has 1 aromatic rings. The lowest BCUT2D eigenvalue weighted by Crippen LogP contribution is -1.86. The molecule has 0 atom stereocenters. The zero-order valence-electron chi connectivity index (χ0n) is 8.75. The summed E-state index contributed by atoms with van der Waals surface area (Å²) < 4.78 is 0. The second-order valence-electron chi connectivity index (χ2n) is 4.47. The summed E-state index contributed by atoms with van der Waals surface area (Å²) in [5.74, 6) is 0.283. The molecule has 1 aromatic carbocycles. The Labute approximate surface area is 89.8 Å². The number of hydrogen-bond acceptors (Lipinski definition) is 1. The molecule has 0 saturated carbocycles. The van der Waals surface area contributed by atoms with Crippen LogP contribution in [-0.2, 0) is 17.6 Å². The summed E-state index contributed by atoms with van der Waals surface area (Å²) in [4.78, 5) is 11.2. The third-order valence-corrected chi connectivity index (χ3v) is 3.45. The molecule has 76 valence electrons. The number of rotatable bonds is 1. The molecule has 0 saturated heterocycles. The molecule has 1 nitrogen and oxygen atoms in total. The van der Waals surface area contributed by atoms with Crippen molar-refractivity contribution in [3.63, 3.8) is 0 Å². The Kier molecular flexibility index (Phi) is 1.98. The number of benzene rings is 1. The lowest BCUT2D eigenvalue weighted by Gasteiger charge is -2.05. The summed E-state index contributed by atoms with van der Waals surface area (Å²) in [6.07, 6.45) is 7.18. The van der Waals surface area contributed by atoms with Crippen LogP contribution in [0.25, 0.3) is 5.57 Å². The van der Waals surface area contributed by atoms with Gasteiger partial charge in [-0.15, -0.1) is 0 Å². The van der Waals surface area contributed by atoms with Gasteiger partial charge in [-0.25, -0.2) is 0 Å². The summed E-state index contributed by atoms with van der Waals surface area (Å²) in [5, 5.41) is 0. The van der Waals surface area contributed by atoms with Gasteiger partial charge >= 0.3 is 0 Å². The van der Waals surface area contributed by atoms with E-state index in [1.807, 2.05) is 6.08 Å². The van der Waals surface area contributed by atoms with Gasteiger partial charge in [0.15, 0.2) is 5.78 Å². The Hall–Kier alpha value is -1.37. The number of allylic oxidation sites excluding steroid dienone is 2. The highest BCUT2D eigenvalue weighted by molar-refractivity contribution is 6.01. The summed E-state index contributed by atoms with van der Waals surface area (Å²) >= 11 is 0. The second-order valence-corrected chi connectivity index (χ2v) is 4.47. The average molecular weight is 198 g/mol. The molecule has 0 unspecified atom stereocenters. The Morgan fingerprint density at radius 3 is 2.60 bits per heavy atom. The van der Waals surface area contributed by atoms with E-state index in [0.717, 1.165) is 6.42 Å². The first-order chi connectivity index (χ1) is 7.33. The van der Waals surface area contributed by atoms with Crippen LogP contribution < -0.4 is 0 Å². The van der Waals surface area contributed by atoms with E-state index in [2.05, 4.69) is 18.2 Å². The topological polar surface area (TPSA) is 17.1 Å². The number of carbonyl (C=O) groups excluding carboxylic acids is 1. The van der Waals surface area contributed by atoms with Crippen molar-refractivity contribution in [1.29, 1.82) is 0 Å². The number of ketones is 1. The summed E-state index contributed by atoms with van der Waals surface area (Å²) in [6.45, 7) is 0. The molecule has 0 aromatic heterocycles. The SMILES string of the molecule is O=C1C=C(c2ccc3c(c2)CCC3)CC1. The number of carbonyl (C=O) groups is 1. The van der Waals surface area contributed by atoms with E-state index in [-0.39, 0.29) is 5.78 Å². The molecule has 0 N–H and O–H groups in total. The summed E-state index contributed by atoms with van der Waals surface area (Å²) in [7, 11) is 0. The fraction of sp³-hybridized carbons (Fsp3) is 0.357. The van der Waals surface area contributed by atoms with Gasteiger partial charge in [-0.1, -0.05) is 18.2 Å².